The molecule has 0 unspecified atom stereocenters. The van der Waals surface area contributed by atoms with Crippen molar-refractivity contribution in [3.05, 3.63) is 48.0 Å². The first-order valence-electron chi connectivity index (χ1n) is 9.46. The van der Waals surface area contributed by atoms with E-state index in [9.17, 15) is 5.11 Å². The highest BCUT2D eigenvalue weighted by molar-refractivity contribution is 7.68. The summed E-state index contributed by atoms with van der Waals surface area (Å²) in [6.45, 7) is 21.1. The van der Waals surface area contributed by atoms with Crippen LogP contribution in [-0.4, -0.2) is 15.4 Å². The van der Waals surface area contributed by atoms with Crippen LogP contribution in [0.25, 0.3) is 11.1 Å². The summed E-state index contributed by atoms with van der Waals surface area (Å²) in [5, 5.41) is 11.7. The third kappa shape index (κ3) is 4.49. The summed E-state index contributed by atoms with van der Waals surface area (Å²) >= 11 is 0. The molecular formula is C24H35OP. The van der Waals surface area contributed by atoms with Gasteiger partial charge in [-0.15, -0.1) is 0 Å². The first-order valence-corrected chi connectivity index (χ1v) is 10.8. The molecule has 0 saturated carbocycles. The standard InChI is InChI=1S/C24H35OP/c1-22(2,3)19-11-10-12-20(26(23(4,5)6)24(7,8)9)21(19)17-13-15-18(25)16-14-17/h10-16,25H,1-9H3. The van der Waals surface area contributed by atoms with Crippen molar-refractivity contribution < 1.29 is 5.11 Å². The van der Waals surface area contributed by atoms with Crippen LogP contribution in [-0.2, 0) is 5.41 Å². The fourth-order valence-electron chi connectivity index (χ4n) is 4.01. The van der Waals surface area contributed by atoms with E-state index in [0.717, 1.165) is 0 Å². The molecule has 1 N–H and O–H groups in total. The van der Waals surface area contributed by atoms with Gasteiger partial charge in [-0.25, -0.2) is 0 Å². The van der Waals surface area contributed by atoms with Crippen molar-refractivity contribution in [1.82, 2.24) is 0 Å². The van der Waals surface area contributed by atoms with E-state index < -0.39 is 7.92 Å². The minimum atomic E-state index is -0.416. The Balaban J connectivity index is 2.88. The highest BCUT2D eigenvalue weighted by Crippen LogP contribution is 2.60. The van der Waals surface area contributed by atoms with E-state index in [4.69, 9.17) is 0 Å². The molecule has 0 amide bonds. The molecule has 0 aliphatic heterocycles. The van der Waals surface area contributed by atoms with Crippen molar-refractivity contribution in [1.29, 1.82) is 0 Å². The average Bonchev–Trinajstić information content (AvgIpc) is 2.44. The van der Waals surface area contributed by atoms with Gasteiger partial charge in [0.2, 0.25) is 0 Å². The number of phenols is 1. The van der Waals surface area contributed by atoms with E-state index in [1.165, 1.54) is 22.0 Å². The molecule has 0 saturated heterocycles. The number of benzene rings is 2. The van der Waals surface area contributed by atoms with E-state index in [0.29, 0.717) is 5.75 Å². The summed E-state index contributed by atoms with van der Waals surface area (Å²) in [5.41, 5.74) is 3.99. The predicted molar refractivity (Wildman–Crippen MR) is 118 cm³/mol. The molecule has 0 spiro atoms. The molecule has 0 bridgehead atoms. The zero-order valence-electron chi connectivity index (χ0n) is 17.9. The van der Waals surface area contributed by atoms with Crippen LogP contribution in [0.4, 0.5) is 0 Å². The summed E-state index contributed by atoms with van der Waals surface area (Å²) in [6, 6.07) is 14.5. The summed E-state index contributed by atoms with van der Waals surface area (Å²) in [5.74, 6) is 0.317. The molecule has 2 aromatic rings. The molecule has 0 aliphatic rings. The lowest BCUT2D eigenvalue weighted by molar-refractivity contribution is 0.475. The Morgan fingerprint density at radius 2 is 1.19 bits per heavy atom. The second-order valence-electron chi connectivity index (χ2n) is 10.2. The van der Waals surface area contributed by atoms with Crippen LogP contribution in [0.15, 0.2) is 42.5 Å². The van der Waals surface area contributed by atoms with Gasteiger partial charge in [-0.1, -0.05) is 101 Å². The van der Waals surface area contributed by atoms with Gasteiger partial charge in [0.05, 0.1) is 0 Å². The van der Waals surface area contributed by atoms with Crippen LogP contribution in [0, 0.1) is 0 Å². The van der Waals surface area contributed by atoms with Crippen LogP contribution < -0.4 is 5.30 Å². The molecule has 142 valence electrons. The van der Waals surface area contributed by atoms with Crippen LogP contribution >= 0.6 is 7.92 Å². The molecule has 0 fully saturated rings. The number of hydrogen-bond acceptors (Lipinski definition) is 1. The van der Waals surface area contributed by atoms with E-state index in [2.05, 4.69) is 92.6 Å². The summed E-state index contributed by atoms with van der Waals surface area (Å²) < 4.78 is 0. The topological polar surface area (TPSA) is 20.2 Å². The molecule has 0 heterocycles. The van der Waals surface area contributed by atoms with Crippen molar-refractivity contribution in [3.8, 4) is 16.9 Å². The third-order valence-electron chi connectivity index (χ3n) is 4.59. The summed E-state index contributed by atoms with van der Waals surface area (Å²) in [7, 11) is -0.416. The van der Waals surface area contributed by atoms with Gasteiger partial charge in [-0.2, -0.15) is 0 Å². The number of rotatable bonds is 2. The maximum atomic E-state index is 9.77. The van der Waals surface area contributed by atoms with Gasteiger partial charge in [-0.05, 0) is 49.9 Å². The van der Waals surface area contributed by atoms with Gasteiger partial charge in [0, 0.05) is 0 Å². The van der Waals surface area contributed by atoms with Gasteiger partial charge >= 0.3 is 0 Å². The molecule has 2 aromatic carbocycles. The fraction of sp³-hybridized carbons (Fsp3) is 0.500. The van der Waals surface area contributed by atoms with Gasteiger partial charge in [0.1, 0.15) is 5.75 Å². The van der Waals surface area contributed by atoms with Crippen LogP contribution in [0.5, 0.6) is 5.75 Å². The first-order chi connectivity index (χ1) is 11.7. The zero-order valence-corrected chi connectivity index (χ0v) is 18.8. The molecule has 26 heavy (non-hydrogen) atoms. The van der Waals surface area contributed by atoms with E-state index in [-0.39, 0.29) is 15.7 Å². The lowest BCUT2D eigenvalue weighted by atomic mass is 9.82. The Morgan fingerprint density at radius 3 is 1.62 bits per heavy atom. The van der Waals surface area contributed by atoms with Crippen LogP contribution in [0.2, 0.25) is 0 Å². The van der Waals surface area contributed by atoms with Crippen molar-refractivity contribution >= 4 is 13.2 Å². The van der Waals surface area contributed by atoms with Crippen molar-refractivity contribution in [2.75, 3.05) is 0 Å². The Labute approximate surface area is 161 Å². The molecule has 0 aliphatic carbocycles. The van der Waals surface area contributed by atoms with Crippen molar-refractivity contribution in [2.45, 2.75) is 78.0 Å². The number of hydrogen-bond donors (Lipinski definition) is 1. The predicted octanol–water partition coefficient (Wildman–Crippen LogP) is 7.06. The normalized spacial score (nSPS) is 13.3. The molecule has 0 radical (unpaired) electrons. The average molecular weight is 371 g/mol. The van der Waals surface area contributed by atoms with E-state index >= 15 is 0 Å². The number of phenolic OH excluding ortho intramolecular Hbond substituents is 1. The first kappa shape index (κ1) is 21.0. The monoisotopic (exact) mass is 370 g/mol. The van der Waals surface area contributed by atoms with Gasteiger partial charge in [-0.3, -0.25) is 0 Å². The third-order valence-corrected chi connectivity index (χ3v) is 8.13. The maximum Gasteiger partial charge on any atom is 0.115 e. The summed E-state index contributed by atoms with van der Waals surface area (Å²) in [6.07, 6.45) is 0. The molecule has 0 aromatic heterocycles. The Kier molecular flexibility index (Phi) is 5.65. The smallest absolute Gasteiger partial charge is 0.115 e. The lowest BCUT2D eigenvalue weighted by Crippen LogP contribution is -2.33. The second-order valence-corrected chi connectivity index (χ2v) is 14.0. The quantitative estimate of drug-likeness (QED) is 0.561. The molecule has 2 rings (SSSR count). The Bertz CT molecular complexity index is 739. The largest absolute Gasteiger partial charge is 0.508 e. The number of aromatic hydroxyl groups is 1. The minimum Gasteiger partial charge on any atom is -0.508 e. The SMILES string of the molecule is CC(C)(C)c1cccc(P(C(C)(C)C)C(C)(C)C)c1-c1ccc(O)cc1. The van der Waals surface area contributed by atoms with Crippen LogP contribution in [0.3, 0.4) is 0 Å². The fourth-order valence-corrected chi connectivity index (χ4v) is 8.18. The van der Waals surface area contributed by atoms with Crippen LogP contribution in [0.1, 0.15) is 67.9 Å². The Hall–Kier alpha value is -1.33. The minimum absolute atomic E-state index is 0.0556. The Morgan fingerprint density at radius 1 is 0.692 bits per heavy atom. The maximum absolute atomic E-state index is 9.77. The van der Waals surface area contributed by atoms with E-state index in [1.807, 2.05) is 0 Å². The van der Waals surface area contributed by atoms with Crippen molar-refractivity contribution in [3.63, 3.8) is 0 Å². The van der Waals surface area contributed by atoms with Crippen molar-refractivity contribution in [2.24, 2.45) is 0 Å². The molecule has 0 atom stereocenters. The molecular weight excluding hydrogens is 335 g/mol. The van der Waals surface area contributed by atoms with E-state index in [1.54, 1.807) is 12.1 Å². The second kappa shape index (κ2) is 7.01. The highest BCUT2D eigenvalue weighted by atomic mass is 31.1. The lowest BCUT2D eigenvalue weighted by Gasteiger charge is -2.43. The van der Waals surface area contributed by atoms with Gasteiger partial charge in [0.25, 0.3) is 0 Å². The van der Waals surface area contributed by atoms with Gasteiger partial charge < -0.3 is 5.11 Å². The highest BCUT2D eigenvalue weighted by Gasteiger charge is 2.38. The molecule has 2 heteroatoms. The zero-order chi connectivity index (χ0) is 19.9. The molecule has 1 nitrogen and oxygen atoms in total. The summed E-state index contributed by atoms with van der Waals surface area (Å²) in [4.78, 5) is 0. The van der Waals surface area contributed by atoms with Gasteiger partial charge in [0.15, 0.2) is 0 Å².